The van der Waals surface area contributed by atoms with Crippen molar-refractivity contribution in [3.63, 3.8) is 0 Å². The van der Waals surface area contributed by atoms with Gasteiger partial charge in [-0.1, -0.05) is 25.4 Å². The van der Waals surface area contributed by atoms with E-state index in [4.69, 9.17) is 11.6 Å². The molecule has 1 aromatic rings. The van der Waals surface area contributed by atoms with Gasteiger partial charge in [-0.15, -0.1) is 0 Å². The molecule has 0 unspecified atom stereocenters. The Morgan fingerprint density at radius 3 is 2.65 bits per heavy atom. The van der Waals surface area contributed by atoms with Crippen molar-refractivity contribution in [1.82, 2.24) is 15.2 Å². The van der Waals surface area contributed by atoms with Gasteiger partial charge in [0, 0.05) is 12.7 Å². The molecule has 0 fully saturated rings. The maximum absolute atomic E-state index is 5.77. The van der Waals surface area contributed by atoms with Crippen molar-refractivity contribution in [3.05, 3.63) is 29.0 Å². The molecule has 3 nitrogen and oxygen atoms in total. The third-order valence-corrected chi connectivity index (χ3v) is 3.04. The number of hydrogen-bond donors (Lipinski definition) is 1. The summed E-state index contributed by atoms with van der Waals surface area (Å²) in [6.45, 7) is 9.68. The molecule has 0 saturated heterocycles. The third kappa shape index (κ3) is 6.01. The van der Waals surface area contributed by atoms with Crippen LogP contribution in [0.2, 0.25) is 5.02 Å². The van der Waals surface area contributed by atoms with Crippen LogP contribution in [-0.2, 0) is 6.54 Å². The first-order valence-electron chi connectivity index (χ1n) is 6.29. The van der Waals surface area contributed by atoms with Crippen LogP contribution in [0.15, 0.2) is 18.3 Å². The lowest BCUT2D eigenvalue weighted by Gasteiger charge is -2.17. The van der Waals surface area contributed by atoms with Crippen molar-refractivity contribution in [2.45, 2.75) is 26.8 Å². The molecule has 1 N–H and O–H groups in total. The molecule has 1 heterocycles. The van der Waals surface area contributed by atoms with Crippen LogP contribution < -0.4 is 5.32 Å². The first-order chi connectivity index (χ1) is 8.26. The van der Waals surface area contributed by atoms with Gasteiger partial charge in [0.15, 0.2) is 0 Å². The first-order valence-corrected chi connectivity index (χ1v) is 6.67. The SMILES string of the molecule is CCN(CC)CCCNCc1ccc(Cl)cn1. The minimum absolute atomic E-state index is 0.690. The fourth-order valence-corrected chi connectivity index (χ4v) is 1.81. The zero-order valence-electron chi connectivity index (χ0n) is 10.7. The third-order valence-electron chi connectivity index (χ3n) is 2.82. The molecular weight excluding hydrogens is 234 g/mol. The second-order valence-corrected chi connectivity index (χ2v) is 4.46. The van der Waals surface area contributed by atoms with Crippen LogP contribution in [-0.4, -0.2) is 36.1 Å². The molecule has 1 aromatic heterocycles. The van der Waals surface area contributed by atoms with E-state index in [2.05, 4.69) is 29.0 Å². The lowest BCUT2D eigenvalue weighted by Crippen LogP contribution is -2.27. The maximum Gasteiger partial charge on any atom is 0.0589 e. The van der Waals surface area contributed by atoms with E-state index in [9.17, 15) is 0 Å². The topological polar surface area (TPSA) is 28.2 Å². The molecule has 0 radical (unpaired) electrons. The van der Waals surface area contributed by atoms with Crippen molar-refractivity contribution >= 4 is 11.6 Å². The van der Waals surface area contributed by atoms with Gasteiger partial charge in [-0.2, -0.15) is 0 Å². The second-order valence-electron chi connectivity index (χ2n) is 4.02. The summed E-state index contributed by atoms with van der Waals surface area (Å²) in [7, 11) is 0. The highest BCUT2D eigenvalue weighted by molar-refractivity contribution is 6.30. The Morgan fingerprint density at radius 2 is 2.06 bits per heavy atom. The van der Waals surface area contributed by atoms with E-state index in [1.165, 1.54) is 6.42 Å². The molecule has 0 bridgehead atoms. The van der Waals surface area contributed by atoms with Crippen LogP contribution in [0.3, 0.4) is 0 Å². The summed E-state index contributed by atoms with van der Waals surface area (Å²) >= 11 is 5.77. The van der Waals surface area contributed by atoms with Crippen molar-refractivity contribution in [1.29, 1.82) is 0 Å². The minimum atomic E-state index is 0.690. The predicted molar refractivity (Wildman–Crippen MR) is 73.4 cm³/mol. The second kappa shape index (κ2) is 8.45. The summed E-state index contributed by atoms with van der Waals surface area (Å²) in [5.41, 5.74) is 1.04. The van der Waals surface area contributed by atoms with Gasteiger partial charge in [0.25, 0.3) is 0 Å². The molecule has 96 valence electrons. The number of aromatic nitrogens is 1. The van der Waals surface area contributed by atoms with Gasteiger partial charge in [-0.05, 0) is 44.7 Å². The van der Waals surface area contributed by atoms with Gasteiger partial charge >= 0.3 is 0 Å². The molecule has 0 aliphatic rings. The Hall–Kier alpha value is -0.640. The smallest absolute Gasteiger partial charge is 0.0589 e. The standard InChI is InChI=1S/C13H22ClN3/c1-3-17(4-2)9-5-8-15-11-13-7-6-12(14)10-16-13/h6-7,10,15H,3-5,8-9,11H2,1-2H3. The van der Waals surface area contributed by atoms with Crippen LogP contribution in [0, 0.1) is 0 Å². The molecular formula is C13H22ClN3. The highest BCUT2D eigenvalue weighted by Crippen LogP contribution is 2.05. The van der Waals surface area contributed by atoms with Crippen molar-refractivity contribution in [3.8, 4) is 0 Å². The quantitative estimate of drug-likeness (QED) is 0.724. The van der Waals surface area contributed by atoms with Crippen LogP contribution in [0.5, 0.6) is 0 Å². The first kappa shape index (κ1) is 14.4. The Balaban J connectivity index is 2.10. The summed E-state index contributed by atoms with van der Waals surface area (Å²) in [6.07, 6.45) is 2.86. The minimum Gasteiger partial charge on any atom is -0.311 e. The van der Waals surface area contributed by atoms with Gasteiger partial charge in [-0.25, -0.2) is 0 Å². The van der Waals surface area contributed by atoms with Gasteiger partial charge in [0.1, 0.15) is 0 Å². The summed E-state index contributed by atoms with van der Waals surface area (Å²) in [4.78, 5) is 6.67. The lowest BCUT2D eigenvalue weighted by atomic mass is 10.3. The Kier molecular flexibility index (Phi) is 7.17. The van der Waals surface area contributed by atoms with E-state index in [0.29, 0.717) is 5.02 Å². The van der Waals surface area contributed by atoms with Crippen LogP contribution in [0.25, 0.3) is 0 Å². The Bertz CT molecular complexity index is 296. The number of pyridine rings is 1. The van der Waals surface area contributed by atoms with Crippen molar-refractivity contribution in [2.24, 2.45) is 0 Å². The molecule has 0 aliphatic carbocycles. The monoisotopic (exact) mass is 255 g/mol. The summed E-state index contributed by atoms with van der Waals surface area (Å²) < 4.78 is 0. The summed E-state index contributed by atoms with van der Waals surface area (Å²) in [5.74, 6) is 0. The van der Waals surface area contributed by atoms with Crippen LogP contribution in [0.1, 0.15) is 26.0 Å². The van der Waals surface area contributed by atoms with Crippen LogP contribution >= 0.6 is 11.6 Å². The van der Waals surface area contributed by atoms with E-state index < -0.39 is 0 Å². The number of nitrogens with one attached hydrogen (secondary N) is 1. The number of hydrogen-bond acceptors (Lipinski definition) is 3. The zero-order valence-corrected chi connectivity index (χ0v) is 11.5. The molecule has 0 aromatic carbocycles. The molecule has 0 aliphatic heterocycles. The number of halogens is 1. The average Bonchev–Trinajstić information content (AvgIpc) is 2.36. The molecule has 0 amide bonds. The van der Waals surface area contributed by atoms with E-state index in [-0.39, 0.29) is 0 Å². The van der Waals surface area contributed by atoms with E-state index in [0.717, 1.165) is 38.4 Å². The Labute approximate surface area is 109 Å². The molecule has 0 saturated carbocycles. The molecule has 0 atom stereocenters. The average molecular weight is 256 g/mol. The largest absolute Gasteiger partial charge is 0.311 e. The van der Waals surface area contributed by atoms with E-state index >= 15 is 0 Å². The summed E-state index contributed by atoms with van der Waals surface area (Å²) in [5, 5.41) is 4.08. The number of nitrogens with zero attached hydrogens (tertiary/aromatic N) is 2. The fourth-order valence-electron chi connectivity index (χ4n) is 1.69. The molecule has 4 heteroatoms. The lowest BCUT2D eigenvalue weighted by molar-refractivity contribution is 0.298. The molecule has 17 heavy (non-hydrogen) atoms. The van der Waals surface area contributed by atoms with Gasteiger partial charge in [0.2, 0.25) is 0 Å². The van der Waals surface area contributed by atoms with Crippen molar-refractivity contribution < 1.29 is 0 Å². The van der Waals surface area contributed by atoms with Gasteiger partial charge in [-0.3, -0.25) is 4.98 Å². The maximum atomic E-state index is 5.77. The predicted octanol–water partition coefficient (Wildman–Crippen LogP) is 2.56. The number of rotatable bonds is 8. The van der Waals surface area contributed by atoms with E-state index in [1.807, 2.05) is 12.1 Å². The Morgan fingerprint density at radius 1 is 1.29 bits per heavy atom. The van der Waals surface area contributed by atoms with Crippen LogP contribution in [0.4, 0.5) is 0 Å². The highest BCUT2D eigenvalue weighted by atomic mass is 35.5. The van der Waals surface area contributed by atoms with Gasteiger partial charge in [0.05, 0.1) is 10.7 Å². The fraction of sp³-hybridized carbons (Fsp3) is 0.615. The highest BCUT2D eigenvalue weighted by Gasteiger charge is 1.98. The van der Waals surface area contributed by atoms with Gasteiger partial charge < -0.3 is 10.2 Å². The van der Waals surface area contributed by atoms with Crippen molar-refractivity contribution in [2.75, 3.05) is 26.2 Å². The molecule has 1 rings (SSSR count). The van der Waals surface area contributed by atoms with E-state index in [1.54, 1.807) is 6.20 Å². The zero-order chi connectivity index (χ0) is 12.5. The summed E-state index contributed by atoms with van der Waals surface area (Å²) in [6, 6.07) is 3.83. The normalized spacial score (nSPS) is 11.1. The molecule has 0 spiro atoms.